The Hall–Kier alpha value is -2.79. The summed E-state index contributed by atoms with van der Waals surface area (Å²) >= 11 is 1.53. The molecule has 1 saturated heterocycles. The monoisotopic (exact) mass is 460 g/mol. The SMILES string of the molecule is C=C/C=C(\C=C/C)c1ccc(C)c(SC(=C)Nc2cc(N3CCC(CCC)CC3)ccn2)n1. The van der Waals surface area contributed by atoms with E-state index in [1.54, 1.807) is 6.08 Å². The van der Waals surface area contributed by atoms with Crippen LogP contribution in [0.5, 0.6) is 0 Å². The number of thioether (sulfide) groups is 1. The van der Waals surface area contributed by atoms with Crippen molar-refractivity contribution in [3.8, 4) is 0 Å². The zero-order chi connectivity index (χ0) is 23.6. The van der Waals surface area contributed by atoms with Gasteiger partial charge in [0.25, 0.3) is 0 Å². The van der Waals surface area contributed by atoms with Crippen molar-refractivity contribution in [2.45, 2.75) is 51.5 Å². The van der Waals surface area contributed by atoms with Gasteiger partial charge in [-0.1, -0.05) is 75.1 Å². The van der Waals surface area contributed by atoms with Crippen LogP contribution >= 0.6 is 11.8 Å². The number of nitrogens with zero attached hydrogens (tertiary/aromatic N) is 3. The lowest BCUT2D eigenvalue weighted by Gasteiger charge is -2.33. The van der Waals surface area contributed by atoms with Gasteiger partial charge in [-0.25, -0.2) is 9.97 Å². The van der Waals surface area contributed by atoms with Crippen LogP contribution in [0.1, 0.15) is 50.8 Å². The zero-order valence-electron chi connectivity index (χ0n) is 20.2. The molecule has 1 N–H and O–H groups in total. The number of aromatic nitrogens is 2. The van der Waals surface area contributed by atoms with Crippen LogP contribution < -0.4 is 10.2 Å². The Kier molecular flexibility index (Phi) is 9.37. The fourth-order valence-electron chi connectivity index (χ4n) is 4.16. The van der Waals surface area contributed by atoms with Gasteiger partial charge in [0.2, 0.25) is 0 Å². The van der Waals surface area contributed by atoms with Crippen LogP contribution in [0.15, 0.2) is 78.0 Å². The molecule has 0 aliphatic carbocycles. The predicted molar refractivity (Wildman–Crippen MR) is 145 cm³/mol. The van der Waals surface area contributed by atoms with Gasteiger partial charge in [-0.05, 0) is 55.9 Å². The smallest absolute Gasteiger partial charge is 0.132 e. The summed E-state index contributed by atoms with van der Waals surface area (Å²) < 4.78 is 0. The summed E-state index contributed by atoms with van der Waals surface area (Å²) in [7, 11) is 0. The molecule has 1 fully saturated rings. The average molecular weight is 461 g/mol. The van der Waals surface area contributed by atoms with Gasteiger partial charge in [-0.2, -0.15) is 0 Å². The third-order valence-corrected chi connectivity index (χ3v) is 6.85. The minimum absolute atomic E-state index is 0.800. The second-order valence-corrected chi connectivity index (χ2v) is 9.53. The number of pyridine rings is 2. The summed E-state index contributed by atoms with van der Waals surface area (Å²) in [6.07, 6.45) is 14.9. The van der Waals surface area contributed by atoms with Gasteiger partial charge in [0.1, 0.15) is 10.8 Å². The van der Waals surface area contributed by atoms with E-state index in [1.807, 2.05) is 37.4 Å². The maximum Gasteiger partial charge on any atom is 0.132 e. The number of allylic oxidation sites excluding steroid dienone is 5. The molecule has 0 atom stereocenters. The summed E-state index contributed by atoms with van der Waals surface area (Å²) in [5.41, 5.74) is 4.29. The van der Waals surface area contributed by atoms with Gasteiger partial charge in [0.05, 0.1) is 10.7 Å². The molecule has 33 heavy (non-hydrogen) atoms. The highest BCUT2D eigenvalue weighted by atomic mass is 32.2. The number of rotatable bonds is 10. The van der Waals surface area contributed by atoms with E-state index in [-0.39, 0.29) is 0 Å². The summed E-state index contributed by atoms with van der Waals surface area (Å²) in [5, 5.41) is 5.10. The molecule has 3 heterocycles. The first-order chi connectivity index (χ1) is 16.0. The van der Waals surface area contributed by atoms with Crippen molar-refractivity contribution < 1.29 is 0 Å². The largest absolute Gasteiger partial charge is 0.371 e. The molecule has 0 amide bonds. The lowest BCUT2D eigenvalue weighted by atomic mass is 9.92. The van der Waals surface area contributed by atoms with Crippen molar-refractivity contribution in [1.29, 1.82) is 0 Å². The predicted octanol–water partition coefficient (Wildman–Crippen LogP) is 7.62. The van der Waals surface area contributed by atoms with Crippen molar-refractivity contribution in [1.82, 2.24) is 9.97 Å². The van der Waals surface area contributed by atoms with Gasteiger partial charge in [-0.15, -0.1) is 0 Å². The molecule has 0 bridgehead atoms. The molecule has 5 heteroatoms. The number of hydrogen-bond acceptors (Lipinski definition) is 5. The third-order valence-electron chi connectivity index (χ3n) is 5.90. The molecule has 174 valence electrons. The van der Waals surface area contributed by atoms with E-state index in [0.717, 1.165) is 51.7 Å². The molecule has 0 spiro atoms. The van der Waals surface area contributed by atoms with Crippen LogP contribution in [0, 0.1) is 12.8 Å². The average Bonchev–Trinajstić information content (AvgIpc) is 2.81. The molecule has 0 unspecified atom stereocenters. The van der Waals surface area contributed by atoms with Gasteiger partial charge < -0.3 is 10.2 Å². The fraction of sp³-hybridized carbons (Fsp3) is 0.357. The normalized spacial score (nSPS) is 15.1. The minimum Gasteiger partial charge on any atom is -0.371 e. The minimum atomic E-state index is 0.800. The third kappa shape index (κ3) is 7.10. The van der Waals surface area contributed by atoms with Gasteiger partial charge in [0.15, 0.2) is 0 Å². The van der Waals surface area contributed by atoms with E-state index in [0.29, 0.717) is 0 Å². The molecule has 2 aromatic heterocycles. The Morgan fingerprint density at radius 2 is 2.06 bits per heavy atom. The molecular formula is C28H36N4S. The standard InChI is InChI=1S/C28H36N4S/c1-6-9-23-15-18-32(19-16-23)25-14-17-29-27(20-25)30-22(5)33-28-21(4)12-13-26(31-28)24(10-7-2)11-8-3/h7-8,10-14,17,20,23H,2,5-6,9,15-16,18-19H2,1,3-4H3,(H,29,30)/b11-8-,24-10+. The highest BCUT2D eigenvalue weighted by Gasteiger charge is 2.19. The van der Waals surface area contributed by atoms with Crippen LogP contribution in [0.2, 0.25) is 0 Å². The van der Waals surface area contributed by atoms with Gasteiger partial charge in [-0.3, -0.25) is 0 Å². The lowest BCUT2D eigenvalue weighted by Crippen LogP contribution is -2.33. The quantitative estimate of drug-likeness (QED) is 0.292. The second-order valence-electron chi connectivity index (χ2n) is 8.44. The Labute approximate surface area is 203 Å². The molecular weight excluding hydrogens is 424 g/mol. The van der Waals surface area contributed by atoms with Gasteiger partial charge >= 0.3 is 0 Å². The highest BCUT2D eigenvalue weighted by molar-refractivity contribution is 8.03. The van der Waals surface area contributed by atoms with Crippen molar-refractivity contribution in [3.05, 3.63) is 84.2 Å². The Morgan fingerprint density at radius 3 is 2.76 bits per heavy atom. The van der Waals surface area contributed by atoms with Crippen molar-refractivity contribution in [2.24, 2.45) is 5.92 Å². The fourth-order valence-corrected chi connectivity index (χ4v) is 4.93. The first kappa shape index (κ1) is 24.8. The molecule has 2 aromatic rings. The number of aryl methyl sites for hydroxylation is 1. The topological polar surface area (TPSA) is 41.0 Å². The maximum absolute atomic E-state index is 4.87. The van der Waals surface area contributed by atoms with E-state index in [9.17, 15) is 0 Å². The Bertz CT molecular complexity index is 1020. The molecule has 3 rings (SSSR count). The van der Waals surface area contributed by atoms with E-state index in [2.05, 4.69) is 60.4 Å². The Balaban J connectivity index is 1.67. The summed E-state index contributed by atoms with van der Waals surface area (Å²) in [6.45, 7) is 16.6. The zero-order valence-corrected chi connectivity index (χ0v) is 21.0. The van der Waals surface area contributed by atoms with Crippen molar-refractivity contribution >= 4 is 28.8 Å². The van der Waals surface area contributed by atoms with Crippen LogP contribution in [-0.2, 0) is 0 Å². The summed E-state index contributed by atoms with van der Waals surface area (Å²) in [4.78, 5) is 11.9. The molecule has 0 aromatic carbocycles. The molecule has 0 radical (unpaired) electrons. The molecule has 1 aliphatic rings. The number of nitrogens with one attached hydrogen (secondary N) is 1. The number of hydrogen-bond donors (Lipinski definition) is 1. The van der Waals surface area contributed by atoms with Crippen LogP contribution in [0.4, 0.5) is 11.5 Å². The van der Waals surface area contributed by atoms with Crippen LogP contribution in [0.3, 0.4) is 0 Å². The van der Waals surface area contributed by atoms with Crippen molar-refractivity contribution in [2.75, 3.05) is 23.3 Å². The van der Waals surface area contributed by atoms with E-state index >= 15 is 0 Å². The first-order valence-electron chi connectivity index (χ1n) is 11.8. The number of piperidine rings is 1. The highest BCUT2D eigenvalue weighted by Crippen LogP contribution is 2.31. The molecule has 4 nitrogen and oxygen atoms in total. The Morgan fingerprint density at radius 1 is 1.27 bits per heavy atom. The van der Waals surface area contributed by atoms with E-state index in [1.165, 1.54) is 43.1 Å². The summed E-state index contributed by atoms with van der Waals surface area (Å²) in [5.74, 6) is 1.69. The van der Waals surface area contributed by atoms with Crippen LogP contribution in [0.25, 0.3) is 5.57 Å². The van der Waals surface area contributed by atoms with E-state index < -0.39 is 0 Å². The van der Waals surface area contributed by atoms with Gasteiger partial charge in [0, 0.05) is 31.0 Å². The lowest BCUT2D eigenvalue weighted by molar-refractivity contribution is 0.378. The van der Waals surface area contributed by atoms with Crippen molar-refractivity contribution in [3.63, 3.8) is 0 Å². The first-order valence-corrected chi connectivity index (χ1v) is 12.6. The molecule has 0 saturated carbocycles. The second kappa shape index (κ2) is 12.4. The van der Waals surface area contributed by atoms with E-state index in [4.69, 9.17) is 4.98 Å². The number of anilines is 2. The maximum atomic E-state index is 4.87. The molecule has 1 aliphatic heterocycles. The van der Waals surface area contributed by atoms with Crippen LogP contribution in [-0.4, -0.2) is 23.1 Å². The summed E-state index contributed by atoms with van der Waals surface area (Å²) in [6, 6.07) is 8.36.